The summed E-state index contributed by atoms with van der Waals surface area (Å²) in [6, 6.07) is 3.53. The molecule has 9 heteroatoms. The van der Waals surface area contributed by atoms with Gasteiger partial charge < -0.3 is 15.4 Å². The van der Waals surface area contributed by atoms with Gasteiger partial charge in [0, 0.05) is 56.1 Å². The van der Waals surface area contributed by atoms with Crippen LogP contribution in [0.4, 0.5) is 5.82 Å². The zero-order valence-electron chi connectivity index (χ0n) is 16.4. The summed E-state index contributed by atoms with van der Waals surface area (Å²) in [4.78, 5) is 24.2. The summed E-state index contributed by atoms with van der Waals surface area (Å²) >= 11 is 0. The number of ether oxygens (including phenoxy) is 1. The molecule has 28 heavy (non-hydrogen) atoms. The second-order valence-electron chi connectivity index (χ2n) is 6.12. The fraction of sp³-hybridized carbons (Fsp3) is 0.421. The third kappa shape index (κ3) is 4.65. The molecule has 9 nitrogen and oxygen atoms in total. The first-order chi connectivity index (χ1) is 13.4. The zero-order valence-corrected chi connectivity index (χ0v) is 16.4. The number of hydrogen-bond donors (Lipinski definition) is 2. The minimum atomic E-state index is -0.542. The van der Waals surface area contributed by atoms with Crippen LogP contribution in [0.5, 0.6) is 0 Å². The van der Waals surface area contributed by atoms with Crippen LogP contribution >= 0.6 is 0 Å². The second kappa shape index (κ2) is 9.50. The molecule has 0 atom stereocenters. The molecule has 0 amide bonds. The van der Waals surface area contributed by atoms with Gasteiger partial charge in [0.1, 0.15) is 17.4 Å². The summed E-state index contributed by atoms with van der Waals surface area (Å²) in [5.74, 6) is 0.227. The fourth-order valence-electron chi connectivity index (χ4n) is 2.84. The average Bonchev–Trinajstić information content (AvgIpc) is 2.73. The SMILES string of the molecule is CCN=C1CCN(c2ccc(C(=N)N(C)C#N)cn2)C/C1=C(/N)C(=O)OCC. The number of nitrogens with two attached hydrogens (primary N) is 1. The highest BCUT2D eigenvalue weighted by Crippen LogP contribution is 2.22. The second-order valence-corrected chi connectivity index (χ2v) is 6.12. The molecular weight excluding hydrogens is 358 g/mol. The zero-order chi connectivity index (χ0) is 20.7. The highest BCUT2D eigenvalue weighted by atomic mass is 16.5. The van der Waals surface area contributed by atoms with E-state index in [0.717, 1.165) is 10.6 Å². The Labute approximate surface area is 164 Å². The van der Waals surface area contributed by atoms with Gasteiger partial charge in [-0.3, -0.25) is 15.3 Å². The van der Waals surface area contributed by atoms with E-state index in [9.17, 15) is 4.79 Å². The number of rotatable bonds is 5. The number of carbonyl (C=O) groups is 1. The van der Waals surface area contributed by atoms with E-state index in [2.05, 4.69) is 9.98 Å². The lowest BCUT2D eigenvalue weighted by atomic mass is 9.99. The topological polar surface area (TPSA) is 132 Å². The van der Waals surface area contributed by atoms with Crippen molar-refractivity contribution in [1.29, 1.82) is 10.7 Å². The van der Waals surface area contributed by atoms with Gasteiger partial charge in [-0.25, -0.2) is 9.78 Å². The average molecular weight is 383 g/mol. The largest absolute Gasteiger partial charge is 0.461 e. The van der Waals surface area contributed by atoms with Crippen LogP contribution < -0.4 is 10.6 Å². The molecule has 0 aliphatic carbocycles. The van der Waals surface area contributed by atoms with Crippen molar-refractivity contribution in [3.05, 3.63) is 35.2 Å². The van der Waals surface area contributed by atoms with Crippen LogP contribution in [0.25, 0.3) is 0 Å². The molecule has 0 spiro atoms. The van der Waals surface area contributed by atoms with Crippen molar-refractivity contribution in [2.75, 3.05) is 38.2 Å². The first-order valence-electron chi connectivity index (χ1n) is 9.05. The Bertz CT molecular complexity index is 837. The number of hydrogen-bond acceptors (Lipinski definition) is 8. The van der Waals surface area contributed by atoms with Gasteiger partial charge >= 0.3 is 5.97 Å². The molecule has 2 rings (SSSR count). The first-order valence-corrected chi connectivity index (χ1v) is 9.05. The molecule has 1 aliphatic rings. The van der Waals surface area contributed by atoms with Crippen LogP contribution in [-0.2, 0) is 9.53 Å². The summed E-state index contributed by atoms with van der Waals surface area (Å²) in [5, 5.41) is 16.9. The lowest BCUT2D eigenvalue weighted by molar-refractivity contribution is -0.138. The quantitative estimate of drug-likeness (QED) is 0.195. The maximum absolute atomic E-state index is 12.1. The number of aromatic nitrogens is 1. The molecule has 0 unspecified atom stereocenters. The Hall–Kier alpha value is -3.41. The molecule has 1 aromatic rings. The first kappa shape index (κ1) is 20.9. The number of piperidine rings is 1. The number of esters is 1. The smallest absolute Gasteiger partial charge is 0.354 e. The predicted molar refractivity (Wildman–Crippen MR) is 107 cm³/mol. The molecule has 148 valence electrons. The maximum Gasteiger partial charge on any atom is 0.354 e. The Morgan fingerprint density at radius 2 is 2.25 bits per heavy atom. The lowest BCUT2D eigenvalue weighted by Crippen LogP contribution is -2.39. The van der Waals surface area contributed by atoms with Gasteiger partial charge in [0.15, 0.2) is 6.19 Å². The monoisotopic (exact) mass is 383 g/mol. The molecule has 0 radical (unpaired) electrons. The molecule has 0 aromatic carbocycles. The van der Waals surface area contributed by atoms with Gasteiger partial charge in [-0.2, -0.15) is 5.26 Å². The highest BCUT2D eigenvalue weighted by Gasteiger charge is 2.26. The number of carbonyl (C=O) groups excluding carboxylic acids is 1. The molecular formula is C19H25N7O2. The van der Waals surface area contributed by atoms with Crippen molar-refractivity contribution in [1.82, 2.24) is 9.88 Å². The predicted octanol–water partition coefficient (Wildman–Crippen LogP) is 1.27. The van der Waals surface area contributed by atoms with Gasteiger partial charge in [-0.05, 0) is 26.0 Å². The summed E-state index contributed by atoms with van der Waals surface area (Å²) in [6.45, 7) is 5.60. The molecule has 0 saturated carbocycles. The van der Waals surface area contributed by atoms with Gasteiger partial charge in [-0.1, -0.05) is 0 Å². The van der Waals surface area contributed by atoms with Gasteiger partial charge in [0.05, 0.1) is 6.61 Å². The van der Waals surface area contributed by atoms with Gasteiger partial charge in [0.25, 0.3) is 0 Å². The Morgan fingerprint density at radius 3 is 2.82 bits per heavy atom. The van der Waals surface area contributed by atoms with Crippen molar-refractivity contribution in [3.8, 4) is 6.19 Å². The van der Waals surface area contributed by atoms with E-state index in [4.69, 9.17) is 21.1 Å². The third-order valence-electron chi connectivity index (χ3n) is 4.32. The number of aliphatic imine (C=N–C) groups is 1. The third-order valence-corrected chi connectivity index (χ3v) is 4.32. The van der Waals surface area contributed by atoms with E-state index in [1.165, 1.54) is 7.05 Å². The number of nitrogens with one attached hydrogen (secondary N) is 1. The Kier molecular flexibility index (Phi) is 7.09. The summed E-state index contributed by atoms with van der Waals surface area (Å²) < 4.78 is 5.03. The van der Waals surface area contributed by atoms with Crippen molar-refractivity contribution < 1.29 is 9.53 Å². The number of nitriles is 1. The van der Waals surface area contributed by atoms with E-state index in [1.54, 1.807) is 25.3 Å². The van der Waals surface area contributed by atoms with Crippen molar-refractivity contribution in [2.24, 2.45) is 10.7 Å². The lowest BCUT2D eigenvalue weighted by Gasteiger charge is -2.31. The molecule has 1 aromatic heterocycles. The highest BCUT2D eigenvalue weighted by molar-refractivity contribution is 6.08. The van der Waals surface area contributed by atoms with Crippen LogP contribution in [0.3, 0.4) is 0 Å². The van der Waals surface area contributed by atoms with E-state index in [-0.39, 0.29) is 18.1 Å². The van der Waals surface area contributed by atoms with Crippen LogP contribution in [0.15, 0.2) is 34.6 Å². The molecule has 3 N–H and O–H groups in total. The number of anilines is 1. The molecule has 0 bridgehead atoms. The molecule has 1 aliphatic heterocycles. The van der Waals surface area contributed by atoms with Crippen molar-refractivity contribution in [3.63, 3.8) is 0 Å². The summed E-state index contributed by atoms with van der Waals surface area (Å²) in [7, 11) is 1.52. The van der Waals surface area contributed by atoms with Gasteiger partial charge in [0.2, 0.25) is 0 Å². The minimum absolute atomic E-state index is 0.0738. The van der Waals surface area contributed by atoms with E-state index in [0.29, 0.717) is 43.0 Å². The van der Waals surface area contributed by atoms with Crippen LogP contribution in [0, 0.1) is 16.9 Å². The minimum Gasteiger partial charge on any atom is -0.461 e. The standard InChI is InChI=1S/C19H25N7O2/c1-4-23-15-8-9-26(11-14(15)17(21)19(27)28-5-2)16-7-6-13(10-24-16)18(22)25(3)12-20/h6-7,10,22H,4-5,8-9,11,21H2,1-3H3/b17-14-,22-18?,23-15?. The van der Waals surface area contributed by atoms with E-state index < -0.39 is 5.97 Å². The van der Waals surface area contributed by atoms with Crippen LogP contribution in [0.1, 0.15) is 25.8 Å². The summed E-state index contributed by atoms with van der Waals surface area (Å²) in [6.07, 6.45) is 4.08. The summed E-state index contributed by atoms with van der Waals surface area (Å²) in [5.41, 5.74) is 8.16. The van der Waals surface area contributed by atoms with Crippen LogP contribution in [-0.4, -0.2) is 60.7 Å². The van der Waals surface area contributed by atoms with Crippen molar-refractivity contribution >= 4 is 23.3 Å². The maximum atomic E-state index is 12.1. The van der Waals surface area contributed by atoms with E-state index >= 15 is 0 Å². The van der Waals surface area contributed by atoms with Crippen LogP contribution in [0.2, 0.25) is 0 Å². The normalized spacial score (nSPS) is 17.1. The molecule has 2 heterocycles. The van der Waals surface area contributed by atoms with Crippen molar-refractivity contribution in [2.45, 2.75) is 20.3 Å². The number of nitrogens with zero attached hydrogens (tertiary/aromatic N) is 5. The molecule has 1 saturated heterocycles. The number of amidine groups is 1. The molecule has 1 fully saturated rings. The van der Waals surface area contributed by atoms with E-state index in [1.807, 2.05) is 18.0 Å². The fourth-order valence-corrected chi connectivity index (χ4v) is 2.84. The Balaban J connectivity index is 2.27. The Morgan fingerprint density at radius 1 is 1.50 bits per heavy atom. The number of pyridine rings is 1. The van der Waals surface area contributed by atoms with Gasteiger partial charge in [-0.15, -0.1) is 0 Å².